The molecule has 1 aliphatic rings. The number of carbonyl (C=O) groups is 3. The van der Waals surface area contributed by atoms with Gasteiger partial charge in [-0.05, 0) is 6.92 Å². The predicted molar refractivity (Wildman–Crippen MR) is 91.8 cm³/mol. The Balaban J connectivity index is 2.23. The van der Waals surface area contributed by atoms with E-state index in [0.717, 1.165) is 0 Å². The summed E-state index contributed by atoms with van der Waals surface area (Å²) in [6.45, 7) is 5.60. The highest BCUT2D eigenvalue weighted by molar-refractivity contribution is 6.67. The van der Waals surface area contributed by atoms with Gasteiger partial charge in [0.2, 0.25) is 9.70 Å². The molecule has 11 heteroatoms. The zero-order chi connectivity index (χ0) is 19.0. The van der Waals surface area contributed by atoms with Crippen LogP contribution >= 0.6 is 34.8 Å². The quantitative estimate of drug-likeness (QED) is 0.282. The van der Waals surface area contributed by atoms with Crippen LogP contribution in [0.1, 0.15) is 6.92 Å². The molecule has 8 nitrogen and oxygen atoms in total. The van der Waals surface area contributed by atoms with Crippen molar-refractivity contribution in [3.8, 4) is 0 Å². The third-order valence-electron chi connectivity index (χ3n) is 3.23. The van der Waals surface area contributed by atoms with Crippen molar-refractivity contribution in [1.82, 2.24) is 10.2 Å². The Hall–Kier alpha value is -1.38. The van der Waals surface area contributed by atoms with E-state index in [0.29, 0.717) is 13.1 Å². The van der Waals surface area contributed by atoms with Crippen LogP contribution in [0.5, 0.6) is 0 Å². The highest BCUT2D eigenvalue weighted by Crippen LogP contribution is 2.27. The van der Waals surface area contributed by atoms with Crippen molar-refractivity contribution in [2.45, 2.75) is 16.8 Å². The smallest absolute Gasteiger partial charge is 0.445 e. The van der Waals surface area contributed by atoms with Crippen LogP contribution in [0.15, 0.2) is 12.7 Å². The maximum Gasteiger partial charge on any atom is 0.508 e. The van der Waals surface area contributed by atoms with Gasteiger partial charge in [0.25, 0.3) is 0 Å². The minimum Gasteiger partial charge on any atom is -0.445 e. The minimum atomic E-state index is -1.73. The van der Waals surface area contributed by atoms with Gasteiger partial charge in [0.05, 0.1) is 5.92 Å². The summed E-state index contributed by atoms with van der Waals surface area (Å²) in [6, 6.07) is 0. The summed E-state index contributed by atoms with van der Waals surface area (Å²) in [5.41, 5.74) is 0. The average Bonchev–Trinajstić information content (AvgIpc) is 2.52. The third kappa shape index (κ3) is 8.02. The second-order valence-electron chi connectivity index (χ2n) is 5.18. The Labute approximate surface area is 160 Å². The zero-order valence-electron chi connectivity index (χ0n) is 13.5. The molecule has 1 heterocycles. The van der Waals surface area contributed by atoms with Crippen LogP contribution in [0, 0.1) is 5.92 Å². The molecule has 0 saturated carbocycles. The lowest BCUT2D eigenvalue weighted by molar-refractivity contribution is -0.154. The van der Waals surface area contributed by atoms with E-state index in [-0.39, 0.29) is 19.1 Å². The number of alkyl carbamates (subject to hydrolysis) is 1. The first kappa shape index (κ1) is 21.7. The molecule has 2 atom stereocenters. The van der Waals surface area contributed by atoms with Gasteiger partial charge in [0.1, 0.15) is 19.3 Å². The van der Waals surface area contributed by atoms with Crippen LogP contribution in [0.25, 0.3) is 0 Å². The number of hydrogen-bond acceptors (Lipinski definition) is 6. The van der Waals surface area contributed by atoms with Crippen molar-refractivity contribution in [1.29, 1.82) is 0 Å². The van der Waals surface area contributed by atoms with E-state index >= 15 is 0 Å². The second-order valence-corrected chi connectivity index (χ2v) is 7.70. The summed E-state index contributed by atoms with van der Waals surface area (Å²) in [6.07, 6.45) is -0.838. The predicted octanol–water partition coefficient (Wildman–Crippen LogP) is 2.27. The van der Waals surface area contributed by atoms with Gasteiger partial charge in [0.15, 0.2) is 0 Å². The molecule has 0 bridgehead atoms. The molecule has 0 spiro atoms. The van der Waals surface area contributed by atoms with Crippen molar-refractivity contribution in [2.75, 3.05) is 32.8 Å². The SMILES string of the molecule is C=CCOC(=O)NCCN1CC(C(C)OC(=O)OCC(Cl)(Cl)Cl)C1=O. The summed E-state index contributed by atoms with van der Waals surface area (Å²) >= 11 is 16.3. The van der Waals surface area contributed by atoms with Crippen molar-refractivity contribution in [3.63, 3.8) is 0 Å². The number of alkyl halides is 3. The third-order valence-corrected chi connectivity index (χ3v) is 3.56. The molecule has 0 radical (unpaired) electrons. The van der Waals surface area contributed by atoms with Gasteiger partial charge in [-0.15, -0.1) is 0 Å². The second kappa shape index (κ2) is 9.94. The number of halogens is 3. The topological polar surface area (TPSA) is 94.2 Å². The van der Waals surface area contributed by atoms with E-state index in [2.05, 4.69) is 16.6 Å². The molecule has 0 aromatic rings. The molecule has 1 N–H and O–H groups in total. The number of β-lactam (4-membered cyclic amide) rings is 1. The number of rotatable bonds is 8. The maximum atomic E-state index is 12.0. The van der Waals surface area contributed by atoms with Crippen LogP contribution in [-0.2, 0) is 19.0 Å². The lowest BCUT2D eigenvalue weighted by Gasteiger charge is -2.40. The summed E-state index contributed by atoms with van der Waals surface area (Å²) in [4.78, 5) is 36.2. The molecule has 2 amide bonds. The number of ether oxygens (including phenoxy) is 3. The Morgan fingerprint density at radius 1 is 1.44 bits per heavy atom. The van der Waals surface area contributed by atoms with Gasteiger partial charge in [-0.1, -0.05) is 47.5 Å². The molecule has 0 aromatic carbocycles. The Morgan fingerprint density at radius 2 is 2.12 bits per heavy atom. The van der Waals surface area contributed by atoms with Crippen LogP contribution in [0.2, 0.25) is 0 Å². The van der Waals surface area contributed by atoms with E-state index < -0.39 is 34.7 Å². The summed E-state index contributed by atoms with van der Waals surface area (Å²) in [7, 11) is 0. The monoisotopic (exact) mass is 416 g/mol. The fourth-order valence-corrected chi connectivity index (χ4v) is 2.13. The first-order valence-corrected chi connectivity index (χ1v) is 8.48. The van der Waals surface area contributed by atoms with Gasteiger partial charge in [-0.25, -0.2) is 9.59 Å². The lowest BCUT2D eigenvalue weighted by atomic mass is 9.93. The van der Waals surface area contributed by atoms with Crippen molar-refractivity contribution < 1.29 is 28.6 Å². The van der Waals surface area contributed by atoms with Crippen molar-refractivity contribution >= 4 is 53.0 Å². The van der Waals surface area contributed by atoms with Gasteiger partial charge in [-0.2, -0.15) is 0 Å². The fourth-order valence-electron chi connectivity index (χ4n) is 1.97. The fraction of sp³-hybridized carbons (Fsp3) is 0.643. The molecule has 25 heavy (non-hydrogen) atoms. The van der Waals surface area contributed by atoms with Gasteiger partial charge in [-0.3, -0.25) is 4.79 Å². The van der Waals surface area contributed by atoms with E-state index in [1.165, 1.54) is 11.0 Å². The summed E-state index contributed by atoms with van der Waals surface area (Å²) in [5, 5.41) is 2.50. The Morgan fingerprint density at radius 3 is 2.68 bits per heavy atom. The maximum absolute atomic E-state index is 12.0. The number of nitrogens with zero attached hydrogens (tertiary/aromatic N) is 1. The van der Waals surface area contributed by atoms with E-state index in [4.69, 9.17) is 44.3 Å². The van der Waals surface area contributed by atoms with E-state index in [1.54, 1.807) is 6.92 Å². The molecule has 142 valence electrons. The standard InChI is InChI=1S/C14H19Cl3N2O6/c1-3-6-23-12(21)18-4-5-19-7-10(11(19)20)9(2)25-13(22)24-8-14(15,16)17/h3,9-10H,1,4-8H2,2H3,(H,18,21). The molecular weight excluding hydrogens is 399 g/mol. The number of amides is 2. The van der Waals surface area contributed by atoms with Crippen molar-refractivity contribution in [2.24, 2.45) is 5.92 Å². The Kier molecular flexibility index (Phi) is 8.61. The van der Waals surface area contributed by atoms with Gasteiger partial charge in [0, 0.05) is 19.6 Å². The summed E-state index contributed by atoms with van der Waals surface area (Å²) in [5.74, 6) is -0.670. The highest BCUT2D eigenvalue weighted by atomic mass is 35.6. The molecular formula is C14H19Cl3N2O6. The largest absolute Gasteiger partial charge is 0.508 e. The molecule has 2 unspecified atom stereocenters. The first-order valence-electron chi connectivity index (χ1n) is 7.34. The molecule has 0 aliphatic carbocycles. The summed E-state index contributed by atoms with van der Waals surface area (Å²) < 4.78 is 12.6. The van der Waals surface area contributed by atoms with Gasteiger partial charge >= 0.3 is 12.2 Å². The number of carbonyl (C=O) groups excluding carboxylic acids is 3. The minimum absolute atomic E-state index is 0.111. The number of likely N-dealkylation sites (tertiary alicyclic amines) is 1. The Bertz CT molecular complexity index is 511. The molecule has 1 fully saturated rings. The number of nitrogens with one attached hydrogen (secondary N) is 1. The lowest BCUT2D eigenvalue weighted by Crippen LogP contribution is -2.58. The molecule has 1 aliphatic heterocycles. The molecule has 1 rings (SSSR count). The van der Waals surface area contributed by atoms with Crippen LogP contribution in [0.3, 0.4) is 0 Å². The van der Waals surface area contributed by atoms with Crippen LogP contribution < -0.4 is 5.32 Å². The van der Waals surface area contributed by atoms with Crippen molar-refractivity contribution in [3.05, 3.63) is 12.7 Å². The van der Waals surface area contributed by atoms with E-state index in [1.807, 2.05) is 0 Å². The van der Waals surface area contributed by atoms with Crippen LogP contribution in [0.4, 0.5) is 9.59 Å². The average molecular weight is 418 g/mol. The highest BCUT2D eigenvalue weighted by Gasteiger charge is 2.42. The zero-order valence-corrected chi connectivity index (χ0v) is 15.8. The first-order chi connectivity index (χ1) is 11.6. The van der Waals surface area contributed by atoms with E-state index in [9.17, 15) is 14.4 Å². The van der Waals surface area contributed by atoms with Crippen LogP contribution in [-0.4, -0.2) is 65.8 Å². The normalized spacial score (nSPS) is 18.0. The molecule has 0 aromatic heterocycles. The molecule has 1 saturated heterocycles. The number of hydrogen-bond donors (Lipinski definition) is 1. The van der Waals surface area contributed by atoms with Gasteiger partial charge < -0.3 is 24.4 Å².